The molecule has 3 heterocycles. The third-order valence-corrected chi connectivity index (χ3v) is 7.85. The quantitative estimate of drug-likeness (QED) is 0.355. The van der Waals surface area contributed by atoms with Gasteiger partial charge in [0.25, 0.3) is 5.56 Å². The number of aromatic nitrogens is 4. The van der Waals surface area contributed by atoms with E-state index in [1.165, 1.54) is 18.2 Å². The number of para-hydroxylation sites is 2. The summed E-state index contributed by atoms with van der Waals surface area (Å²) in [6.45, 7) is 7.20. The summed E-state index contributed by atoms with van der Waals surface area (Å²) in [6.07, 6.45) is 4.31. The highest BCUT2D eigenvalue weighted by Gasteiger charge is 2.26. The van der Waals surface area contributed by atoms with Crippen LogP contribution in [0.4, 0.5) is 0 Å². The number of nitrogens with zero attached hydrogens (tertiary/aromatic N) is 5. The van der Waals surface area contributed by atoms with Crippen LogP contribution in [0, 0.1) is 0 Å². The van der Waals surface area contributed by atoms with Gasteiger partial charge in [0.05, 0.1) is 22.3 Å². The first-order chi connectivity index (χ1) is 17.0. The fraction of sp³-hybridized carbons (Fsp3) is 0.407. The molecule has 1 amide bonds. The Kier molecular flexibility index (Phi) is 6.65. The van der Waals surface area contributed by atoms with Gasteiger partial charge in [-0.25, -0.2) is 4.57 Å². The van der Waals surface area contributed by atoms with Crippen LogP contribution in [0.2, 0.25) is 0 Å². The molecule has 1 aliphatic heterocycles. The van der Waals surface area contributed by atoms with E-state index in [9.17, 15) is 9.59 Å². The standard InChI is InChI=1S/C27H31N5O2S/c1-4-19-11-9-10-16-30(19)24(33)17-35-27-29-28-26-31(22-14-7-5-12-20(22)18(2)3)25(34)21-13-6-8-15-23(21)32(26)27/h5-8,12-15,18-19H,4,9-11,16-17H2,1-3H3. The molecular weight excluding hydrogens is 458 g/mol. The van der Waals surface area contributed by atoms with Crippen LogP contribution >= 0.6 is 11.8 Å². The van der Waals surface area contributed by atoms with Crippen molar-refractivity contribution in [3.63, 3.8) is 0 Å². The number of benzene rings is 2. The summed E-state index contributed by atoms with van der Waals surface area (Å²) in [5.41, 5.74) is 2.49. The number of rotatable bonds is 6. The molecule has 1 atom stereocenters. The molecule has 0 saturated carbocycles. The van der Waals surface area contributed by atoms with Gasteiger partial charge in [0.15, 0.2) is 5.16 Å². The fourth-order valence-corrected chi connectivity index (χ4v) is 5.96. The summed E-state index contributed by atoms with van der Waals surface area (Å²) in [7, 11) is 0. The lowest BCUT2D eigenvalue weighted by molar-refractivity contribution is -0.132. The van der Waals surface area contributed by atoms with E-state index in [-0.39, 0.29) is 17.4 Å². The molecule has 35 heavy (non-hydrogen) atoms. The second-order valence-electron chi connectivity index (χ2n) is 9.42. The fourth-order valence-electron chi connectivity index (χ4n) is 5.13. The first kappa shape index (κ1) is 23.6. The molecule has 1 saturated heterocycles. The molecule has 4 aromatic rings. The highest BCUT2D eigenvalue weighted by molar-refractivity contribution is 7.99. The molecule has 1 aliphatic rings. The molecule has 5 rings (SSSR count). The largest absolute Gasteiger partial charge is 0.339 e. The van der Waals surface area contributed by atoms with Gasteiger partial charge in [-0.1, -0.05) is 62.9 Å². The van der Waals surface area contributed by atoms with Crippen molar-refractivity contribution in [1.82, 2.24) is 24.1 Å². The van der Waals surface area contributed by atoms with E-state index in [2.05, 4.69) is 31.0 Å². The molecule has 1 fully saturated rings. The molecule has 7 nitrogen and oxygen atoms in total. The van der Waals surface area contributed by atoms with Crippen LogP contribution in [0.25, 0.3) is 22.4 Å². The number of fused-ring (bicyclic) bond motifs is 3. The van der Waals surface area contributed by atoms with Gasteiger partial charge in [-0.15, -0.1) is 10.2 Å². The minimum atomic E-state index is -0.125. The van der Waals surface area contributed by atoms with Crippen LogP contribution in [0.15, 0.2) is 58.5 Å². The summed E-state index contributed by atoms with van der Waals surface area (Å²) in [5.74, 6) is 1.13. The molecule has 2 aromatic heterocycles. The van der Waals surface area contributed by atoms with E-state index in [0.717, 1.165) is 42.6 Å². The van der Waals surface area contributed by atoms with E-state index in [4.69, 9.17) is 0 Å². The maximum Gasteiger partial charge on any atom is 0.267 e. The van der Waals surface area contributed by atoms with E-state index in [1.54, 1.807) is 4.57 Å². The lowest BCUT2D eigenvalue weighted by Crippen LogP contribution is -2.44. The topological polar surface area (TPSA) is 72.5 Å². The van der Waals surface area contributed by atoms with Crippen molar-refractivity contribution in [2.45, 2.75) is 63.6 Å². The van der Waals surface area contributed by atoms with Gasteiger partial charge in [-0.05, 0) is 55.4 Å². The van der Waals surface area contributed by atoms with Crippen molar-refractivity contribution in [3.05, 3.63) is 64.4 Å². The number of carbonyl (C=O) groups excluding carboxylic acids is 1. The van der Waals surface area contributed by atoms with Gasteiger partial charge < -0.3 is 4.90 Å². The van der Waals surface area contributed by atoms with Crippen molar-refractivity contribution in [1.29, 1.82) is 0 Å². The van der Waals surface area contributed by atoms with Crippen molar-refractivity contribution in [2.24, 2.45) is 0 Å². The summed E-state index contributed by atoms with van der Waals surface area (Å²) in [4.78, 5) is 28.8. The Labute approximate surface area is 209 Å². The number of piperidine rings is 1. The van der Waals surface area contributed by atoms with Crippen LogP contribution in [0.3, 0.4) is 0 Å². The van der Waals surface area contributed by atoms with Crippen LogP contribution in [-0.4, -0.2) is 48.3 Å². The minimum absolute atomic E-state index is 0.125. The molecule has 2 aromatic carbocycles. The van der Waals surface area contributed by atoms with Crippen LogP contribution in [-0.2, 0) is 4.79 Å². The Morgan fingerprint density at radius 3 is 2.66 bits per heavy atom. The van der Waals surface area contributed by atoms with Crippen LogP contribution in [0.5, 0.6) is 0 Å². The first-order valence-corrected chi connectivity index (χ1v) is 13.4. The number of likely N-dealkylation sites (tertiary alicyclic amines) is 1. The number of hydrogen-bond donors (Lipinski definition) is 0. The lowest BCUT2D eigenvalue weighted by Gasteiger charge is -2.35. The van der Waals surface area contributed by atoms with E-state index in [1.807, 2.05) is 57.8 Å². The Hall–Kier alpha value is -3.13. The zero-order valence-electron chi connectivity index (χ0n) is 20.5. The number of thioether (sulfide) groups is 1. The van der Waals surface area contributed by atoms with Crippen LogP contribution < -0.4 is 5.56 Å². The Bertz CT molecular complexity index is 1440. The van der Waals surface area contributed by atoms with Gasteiger partial charge in [0, 0.05) is 12.6 Å². The molecule has 8 heteroatoms. The molecule has 0 radical (unpaired) electrons. The molecule has 0 bridgehead atoms. The van der Waals surface area contributed by atoms with E-state index < -0.39 is 0 Å². The third kappa shape index (κ3) is 4.24. The third-order valence-electron chi connectivity index (χ3n) is 6.94. The molecule has 1 unspecified atom stereocenters. The van der Waals surface area contributed by atoms with Crippen molar-refractivity contribution in [3.8, 4) is 5.69 Å². The Morgan fingerprint density at radius 2 is 1.86 bits per heavy atom. The maximum absolute atomic E-state index is 13.7. The number of amides is 1. The normalized spacial score (nSPS) is 16.5. The smallest absolute Gasteiger partial charge is 0.267 e. The number of carbonyl (C=O) groups is 1. The average molecular weight is 490 g/mol. The predicted molar refractivity (Wildman–Crippen MR) is 141 cm³/mol. The molecule has 0 N–H and O–H groups in total. The van der Waals surface area contributed by atoms with Gasteiger partial charge in [0.2, 0.25) is 11.7 Å². The maximum atomic E-state index is 13.7. The van der Waals surface area contributed by atoms with Crippen molar-refractivity contribution < 1.29 is 4.79 Å². The molecule has 0 aliphatic carbocycles. The zero-order chi connectivity index (χ0) is 24.5. The van der Waals surface area contributed by atoms with Crippen LogP contribution in [0.1, 0.15) is 57.9 Å². The van der Waals surface area contributed by atoms with Gasteiger partial charge in [-0.3, -0.25) is 14.0 Å². The lowest BCUT2D eigenvalue weighted by atomic mass is 10.0. The van der Waals surface area contributed by atoms with Crippen molar-refractivity contribution in [2.75, 3.05) is 12.3 Å². The SMILES string of the molecule is CCC1CCCCN1C(=O)CSc1nnc2n(-c3ccccc3C(C)C)c(=O)c3ccccc3n12. The van der Waals surface area contributed by atoms with E-state index in [0.29, 0.717) is 28.1 Å². The highest BCUT2D eigenvalue weighted by Crippen LogP contribution is 2.28. The summed E-state index contributed by atoms with van der Waals surface area (Å²) in [5, 5.41) is 10.1. The summed E-state index contributed by atoms with van der Waals surface area (Å²) >= 11 is 1.39. The molecule has 182 valence electrons. The van der Waals surface area contributed by atoms with Gasteiger partial charge in [-0.2, -0.15) is 0 Å². The first-order valence-electron chi connectivity index (χ1n) is 12.4. The summed E-state index contributed by atoms with van der Waals surface area (Å²) < 4.78 is 3.58. The second kappa shape index (κ2) is 9.85. The average Bonchev–Trinajstić information content (AvgIpc) is 3.31. The summed E-state index contributed by atoms with van der Waals surface area (Å²) in [6, 6.07) is 15.8. The van der Waals surface area contributed by atoms with E-state index >= 15 is 0 Å². The highest BCUT2D eigenvalue weighted by atomic mass is 32.2. The van der Waals surface area contributed by atoms with Gasteiger partial charge >= 0.3 is 0 Å². The zero-order valence-corrected chi connectivity index (χ0v) is 21.3. The Morgan fingerprint density at radius 1 is 1.09 bits per heavy atom. The molecular formula is C27H31N5O2S. The minimum Gasteiger partial charge on any atom is -0.339 e. The Balaban J connectivity index is 1.61. The number of hydrogen-bond acceptors (Lipinski definition) is 5. The van der Waals surface area contributed by atoms with Gasteiger partial charge in [0.1, 0.15) is 0 Å². The monoisotopic (exact) mass is 489 g/mol. The molecule has 0 spiro atoms. The van der Waals surface area contributed by atoms with Crippen molar-refractivity contribution >= 4 is 34.3 Å². The predicted octanol–water partition coefficient (Wildman–Crippen LogP) is 5.04. The second-order valence-corrected chi connectivity index (χ2v) is 10.4.